The van der Waals surface area contributed by atoms with Crippen LogP contribution in [0.4, 0.5) is 0 Å². The topological polar surface area (TPSA) is 86.8 Å². The van der Waals surface area contributed by atoms with Crippen LogP contribution in [0.3, 0.4) is 0 Å². The monoisotopic (exact) mass is 463 g/mol. The highest BCUT2D eigenvalue weighted by atomic mass is 16.2. The minimum atomic E-state index is -0.647. The van der Waals surface area contributed by atoms with Gasteiger partial charge in [-0.25, -0.2) is 0 Å². The van der Waals surface area contributed by atoms with E-state index in [2.05, 4.69) is 5.32 Å². The number of carbonyl (C=O) groups is 4. The molecule has 1 aliphatic heterocycles. The first-order valence-corrected chi connectivity index (χ1v) is 11.8. The van der Waals surface area contributed by atoms with Crippen LogP contribution in [0.15, 0.2) is 48.5 Å². The Labute approximate surface area is 201 Å². The Hall–Kier alpha value is -3.48. The lowest BCUT2D eigenvalue weighted by molar-refractivity contribution is -0.140. The van der Waals surface area contributed by atoms with Gasteiger partial charge in [-0.1, -0.05) is 55.8 Å². The van der Waals surface area contributed by atoms with Crippen molar-refractivity contribution in [2.45, 2.75) is 53.1 Å². The zero-order chi connectivity index (χ0) is 24.8. The van der Waals surface area contributed by atoms with E-state index in [1.807, 2.05) is 45.0 Å². The molecule has 0 aliphatic carbocycles. The molecule has 0 unspecified atom stereocenters. The minimum absolute atomic E-state index is 0.126. The summed E-state index contributed by atoms with van der Waals surface area (Å²) in [6.45, 7) is 8.74. The van der Waals surface area contributed by atoms with Gasteiger partial charge in [-0.15, -0.1) is 0 Å². The Morgan fingerprint density at radius 1 is 0.971 bits per heavy atom. The molecule has 0 aromatic heterocycles. The lowest BCUT2D eigenvalue weighted by atomic mass is 10.1. The maximum atomic E-state index is 13.2. The van der Waals surface area contributed by atoms with E-state index >= 15 is 0 Å². The molecule has 34 heavy (non-hydrogen) atoms. The molecule has 7 nitrogen and oxygen atoms in total. The molecular weight excluding hydrogens is 430 g/mol. The van der Waals surface area contributed by atoms with E-state index in [1.165, 1.54) is 4.90 Å². The van der Waals surface area contributed by atoms with Crippen molar-refractivity contribution in [2.75, 3.05) is 13.1 Å². The lowest BCUT2D eigenvalue weighted by Crippen LogP contribution is -2.48. The van der Waals surface area contributed by atoms with Crippen LogP contribution in [0.5, 0.6) is 0 Å². The van der Waals surface area contributed by atoms with Gasteiger partial charge in [0.05, 0.1) is 11.1 Å². The number of benzene rings is 2. The number of rotatable bonds is 10. The number of hydrogen-bond donors (Lipinski definition) is 1. The molecule has 180 valence electrons. The normalized spacial score (nSPS) is 13.7. The number of hydrogen-bond acceptors (Lipinski definition) is 4. The molecule has 1 heterocycles. The van der Waals surface area contributed by atoms with Gasteiger partial charge in [0.15, 0.2) is 0 Å². The zero-order valence-electron chi connectivity index (χ0n) is 20.3. The van der Waals surface area contributed by atoms with Crippen molar-refractivity contribution in [3.05, 3.63) is 70.8 Å². The van der Waals surface area contributed by atoms with Crippen LogP contribution in [0.1, 0.15) is 65.5 Å². The molecule has 0 saturated heterocycles. The predicted octanol–water partition coefficient (Wildman–Crippen LogP) is 3.56. The van der Waals surface area contributed by atoms with Crippen LogP contribution in [-0.2, 0) is 16.1 Å². The Morgan fingerprint density at radius 3 is 2.21 bits per heavy atom. The Morgan fingerprint density at radius 2 is 1.62 bits per heavy atom. The molecule has 4 amide bonds. The standard InChI is InChI=1S/C27H33N3O4/c1-18(2)16-28-25(32)20(4)30(17-21-10-7-9-19(3)15-21)24(31)13-8-14-29-26(33)22-11-5-6-12-23(22)27(29)34/h5-7,9-12,15,18,20H,8,13-14,16-17H2,1-4H3,(H,28,32)/t20-/m1/s1. The molecule has 0 radical (unpaired) electrons. The summed E-state index contributed by atoms with van der Waals surface area (Å²) >= 11 is 0. The van der Waals surface area contributed by atoms with Gasteiger partial charge in [-0.3, -0.25) is 24.1 Å². The first-order valence-electron chi connectivity index (χ1n) is 11.8. The second kappa shape index (κ2) is 11.1. The molecule has 1 N–H and O–H groups in total. The van der Waals surface area contributed by atoms with Crippen LogP contribution in [0.2, 0.25) is 0 Å². The van der Waals surface area contributed by atoms with Crippen molar-refractivity contribution < 1.29 is 19.2 Å². The largest absolute Gasteiger partial charge is 0.354 e. The van der Waals surface area contributed by atoms with E-state index in [0.29, 0.717) is 36.6 Å². The Kier molecular flexibility index (Phi) is 8.21. The zero-order valence-corrected chi connectivity index (χ0v) is 20.3. The van der Waals surface area contributed by atoms with Crippen molar-refractivity contribution >= 4 is 23.6 Å². The van der Waals surface area contributed by atoms with Crippen molar-refractivity contribution in [3.8, 4) is 0 Å². The van der Waals surface area contributed by atoms with Crippen molar-refractivity contribution in [3.63, 3.8) is 0 Å². The third kappa shape index (κ3) is 5.90. The predicted molar refractivity (Wildman–Crippen MR) is 130 cm³/mol. The smallest absolute Gasteiger partial charge is 0.261 e. The maximum absolute atomic E-state index is 13.2. The number of amides is 4. The molecule has 2 aromatic rings. The number of fused-ring (bicyclic) bond motifs is 1. The van der Waals surface area contributed by atoms with Crippen LogP contribution in [0, 0.1) is 12.8 Å². The summed E-state index contributed by atoms with van der Waals surface area (Å²) in [5.41, 5.74) is 2.82. The van der Waals surface area contributed by atoms with E-state index in [9.17, 15) is 19.2 Å². The Bertz CT molecular complexity index is 1040. The highest BCUT2D eigenvalue weighted by molar-refractivity contribution is 6.21. The first-order chi connectivity index (χ1) is 16.2. The van der Waals surface area contributed by atoms with Crippen molar-refractivity contribution in [2.24, 2.45) is 5.92 Å². The second-order valence-electron chi connectivity index (χ2n) is 9.24. The summed E-state index contributed by atoms with van der Waals surface area (Å²) in [4.78, 5) is 53.9. The number of imide groups is 1. The van der Waals surface area contributed by atoms with E-state index < -0.39 is 6.04 Å². The van der Waals surface area contributed by atoms with Crippen molar-refractivity contribution in [1.82, 2.24) is 15.1 Å². The molecule has 3 rings (SSSR count). The van der Waals surface area contributed by atoms with E-state index in [1.54, 1.807) is 36.1 Å². The first kappa shape index (κ1) is 25.1. The third-order valence-corrected chi connectivity index (χ3v) is 5.94. The summed E-state index contributed by atoms with van der Waals surface area (Å²) in [5.74, 6) is -0.741. The molecule has 0 bridgehead atoms. The van der Waals surface area contributed by atoms with E-state index in [4.69, 9.17) is 0 Å². The lowest BCUT2D eigenvalue weighted by Gasteiger charge is -2.29. The van der Waals surface area contributed by atoms with Crippen LogP contribution in [-0.4, -0.2) is 52.6 Å². The molecule has 1 atom stereocenters. The third-order valence-electron chi connectivity index (χ3n) is 5.94. The summed E-state index contributed by atoms with van der Waals surface area (Å²) in [6.07, 6.45) is 0.454. The van der Waals surface area contributed by atoms with Gasteiger partial charge in [0.2, 0.25) is 11.8 Å². The van der Waals surface area contributed by atoms with Gasteiger partial charge in [-0.2, -0.15) is 0 Å². The highest BCUT2D eigenvalue weighted by Crippen LogP contribution is 2.23. The van der Waals surface area contributed by atoms with Gasteiger partial charge >= 0.3 is 0 Å². The van der Waals surface area contributed by atoms with Crippen LogP contribution >= 0.6 is 0 Å². The second-order valence-corrected chi connectivity index (χ2v) is 9.24. The van der Waals surface area contributed by atoms with Crippen LogP contribution in [0.25, 0.3) is 0 Å². The molecule has 0 fully saturated rings. The Balaban J connectivity index is 1.66. The number of nitrogens with one attached hydrogen (secondary N) is 1. The fraction of sp³-hybridized carbons (Fsp3) is 0.407. The summed E-state index contributed by atoms with van der Waals surface area (Å²) in [5, 5.41) is 2.91. The summed E-state index contributed by atoms with van der Waals surface area (Å²) < 4.78 is 0. The molecular formula is C27H33N3O4. The van der Waals surface area contributed by atoms with Gasteiger partial charge in [0, 0.05) is 26.1 Å². The van der Waals surface area contributed by atoms with Gasteiger partial charge in [-0.05, 0) is 43.9 Å². The average molecular weight is 464 g/mol. The molecule has 0 spiro atoms. The van der Waals surface area contributed by atoms with E-state index in [-0.39, 0.29) is 36.6 Å². The summed E-state index contributed by atoms with van der Waals surface area (Å²) in [6, 6.07) is 13.9. The highest BCUT2D eigenvalue weighted by Gasteiger charge is 2.35. The summed E-state index contributed by atoms with van der Waals surface area (Å²) in [7, 11) is 0. The number of nitrogens with zero attached hydrogens (tertiary/aromatic N) is 2. The molecule has 1 aliphatic rings. The SMILES string of the molecule is Cc1cccc(CN(C(=O)CCCN2C(=O)c3ccccc3C2=O)[C@H](C)C(=O)NCC(C)C)c1. The van der Waals surface area contributed by atoms with Gasteiger partial charge in [0.25, 0.3) is 11.8 Å². The maximum Gasteiger partial charge on any atom is 0.261 e. The quantitative estimate of drug-likeness (QED) is 0.546. The van der Waals surface area contributed by atoms with E-state index in [0.717, 1.165) is 11.1 Å². The molecule has 0 saturated carbocycles. The van der Waals surface area contributed by atoms with Gasteiger partial charge in [0.1, 0.15) is 6.04 Å². The molecule has 2 aromatic carbocycles. The number of carbonyl (C=O) groups excluding carboxylic acids is 4. The van der Waals surface area contributed by atoms with Crippen LogP contribution < -0.4 is 5.32 Å². The van der Waals surface area contributed by atoms with Gasteiger partial charge < -0.3 is 10.2 Å². The fourth-order valence-corrected chi connectivity index (χ4v) is 4.02. The fourth-order valence-electron chi connectivity index (χ4n) is 4.02. The number of aryl methyl sites for hydroxylation is 1. The van der Waals surface area contributed by atoms with Crippen molar-refractivity contribution in [1.29, 1.82) is 0 Å². The molecule has 7 heteroatoms. The average Bonchev–Trinajstić information content (AvgIpc) is 3.05. The minimum Gasteiger partial charge on any atom is -0.354 e.